The Labute approximate surface area is 179 Å². The summed E-state index contributed by atoms with van der Waals surface area (Å²) in [5.74, 6) is 3.83. The molecule has 1 N–H and O–H groups in total. The molecule has 2 aliphatic rings. The Morgan fingerprint density at radius 1 is 1.07 bits per heavy atom. The second-order valence-electron chi connectivity index (χ2n) is 9.30. The van der Waals surface area contributed by atoms with Gasteiger partial charge in [0.15, 0.2) is 0 Å². The fraction of sp³-hybridized carbons (Fsp3) is 0.714. The van der Waals surface area contributed by atoms with E-state index in [4.69, 9.17) is 0 Å². The minimum atomic E-state index is 0.212. The molecule has 4 rings (SSSR count). The van der Waals surface area contributed by atoms with Gasteiger partial charge in [0.2, 0.25) is 5.95 Å². The Morgan fingerprint density at radius 3 is 2.53 bits per heavy atom. The number of hydrogen-bond acceptors (Lipinski definition) is 8. The largest absolute Gasteiger partial charge is 0.373 e. The van der Waals surface area contributed by atoms with Crippen molar-refractivity contribution in [2.45, 2.75) is 58.7 Å². The highest BCUT2D eigenvalue weighted by Crippen LogP contribution is 2.28. The summed E-state index contributed by atoms with van der Waals surface area (Å²) in [4.78, 5) is 16.1. The van der Waals surface area contributed by atoms with Crippen LogP contribution >= 0.6 is 0 Å². The van der Waals surface area contributed by atoms with Gasteiger partial charge in [0.05, 0.1) is 0 Å². The smallest absolute Gasteiger partial charge is 0.227 e. The molecule has 0 amide bonds. The molecule has 2 aromatic heterocycles. The maximum atomic E-state index is 4.56. The maximum absolute atomic E-state index is 4.56. The predicted octanol–water partition coefficient (Wildman–Crippen LogP) is 2.01. The van der Waals surface area contributed by atoms with Gasteiger partial charge in [0, 0.05) is 64.0 Å². The van der Waals surface area contributed by atoms with Crippen molar-refractivity contribution in [2.24, 2.45) is 0 Å². The molecule has 2 fully saturated rings. The SMILES string of the molecule is CNc1cc(N2CCCC2Cn2c(C)nnc2N2CCN(C(C)(C)C)CC2)ncn1. The summed E-state index contributed by atoms with van der Waals surface area (Å²) in [6.07, 6.45) is 3.96. The summed E-state index contributed by atoms with van der Waals surface area (Å²) in [5, 5.41) is 12.1. The van der Waals surface area contributed by atoms with Crippen molar-refractivity contribution < 1.29 is 0 Å². The highest BCUT2D eigenvalue weighted by atomic mass is 15.4. The number of hydrogen-bond donors (Lipinski definition) is 1. The zero-order valence-corrected chi connectivity index (χ0v) is 19.0. The number of aromatic nitrogens is 5. The third-order valence-corrected chi connectivity index (χ3v) is 6.40. The van der Waals surface area contributed by atoms with Crippen LogP contribution in [0.2, 0.25) is 0 Å². The van der Waals surface area contributed by atoms with Crippen LogP contribution in [0.25, 0.3) is 0 Å². The molecule has 2 aromatic rings. The molecule has 9 nitrogen and oxygen atoms in total. The zero-order valence-electron chi connectivity index (χ0n) is 19.0. The molecule has 0 saturated carbocycles. The van der Waals surface area contributed by atoms with Gasteiger partial charge in [-0.05, 0) is 40.5 Å². The van der Waals surface area contributed by atoms with E-state index in [0.717, 1.165) is 69.1 Å². The molecule has 164 valence electrons. The summed E-state index contributed by atoms with van der Waals surface area (Å²) in [6.45, 7) is 14.9. The van der Waals surface area contributed by atoms with E-state index >= 15 is 0 Å². The van der Waals surface area contributed by atoms with Crippen molar-refractivity contribution >= 4 is 17.6 Å². The fourth-order valence-electron chi connectivity index (χ4n) is 4.57. The van der Waals surface area contributed by atoms with Gasteiger partial charge in [-0.3, -0.25) is 9.47 Å². The number of anilines is 3. The molecule has 9 heteroatoms. The van der Waals surface area contributed by atoms with Crippen molar-refractivity contribution in [3.63, 3.8) is 0 Å². The van der Waals surface area contributed by atoms with Crippen molar-refractivity contribution in [1.29, 1.82) is 0 Å². The van der Waals surface area contributed by atoms with Crippen LogP contribution in [0.1, 0.15) is 39.4 Å². The lowest BCUT2D eigenvalue weighted by atomic mass is 10.1. The first kappa shape index (κ1) is 20.8. The Balaban J connectivity index is 1.49. The molecule has 30 heavy (non-hydrogen) atoms. The van der Waals surface area contributed by atoms with Gasteiger partial charge >= 0.3 is 0 Å². The normalized spacial score (nSPS) is 20.8. The number of nitrogens with one attached hydrogen (secondary N) is 1. The Hall–Kier alpha value is -2.42. The first-order valence-electron chi connectivity index (χ1n) is 11.0. The maximum Gasteiger partial charge on any atom is 0.227 e. The number of piperazine rings is 1. The van der Waals surface area contributed by atoms with Crippen LogP contribution in [0.5, 0.6) is 0 Å². The molecule has 0 spiro atoms. The minimum absolute atomic E-state index is 0.212. The molecule has 1 unspecified atom stereocenters. The van der Waals surface area contributed by atoms with E-state index in [0.29, 0.717) is 6.04 Å². The average molecular weight is 414 g/mol. The number of rotatable bonds is 5. The summed E-state index contributed by atoms with van der Waals surface area (Å²) >= 11 is 0. The van der Waals surface area contributed by atoms with E-state index in [9.17, 15) is 0 Å². The van der Waals surface area contributed by atoms with Gasteiger partial charge in [-0.1, -0.05) is 0 Å². The van der Waals surface area contributed by atoms with Crippen molar-refractivity contribution in [2.75, 3.05) is 54.9 Å². The van der Waals surface area contributed by atoms with Crippen molar-refractivity contribution in [3.8, 4) is 0 Å². The quantitative estimate of drug-likeness (QED) is 0.798. The lowest BCUT2D eigenvalue weighted by molar-refractivity contribution is 0.127. The second kappa shape index (κ2) is 8.37. The van der Waals surface area contributed by atoms with Crippen molar-refractivity contribution in [3.05, 3.63) is 18.2 Å². The molecule has 1 atom stereocenters. The predicted molar refractivity (Wildman–Crippen MR) is 120 cm³/mol. The van der Waals surface area contributed by atoms with Crippen LogP contribution in [0.3, 0.4) is 0 Å². The first-order valence-corrected chi connectivity index (χ1v) is 11.0. The lowest BCUT2D eigenvalue weighted by Gasteiger charge is -2.42. The second-order valence-corrected chi connectivity index (χ2v) is 9.30. The standard InChI is InChI=1S/C21H35N9/c1-16-25-26-20(27-9-11-28(12-10-27)21(2,3)4)30(16)14-17-7-6-8-29(17)19-13-18(22-5)23-15-24-19/h13,15,17H,6-12,14H2,1-5H3,(H,22,23,24). The minimum Gasteiger partial charge on any atom is -0.373 e. The summed E-state index contributed by atoms with van der Waals surface area (Å²) in [6, 6.07) is 2.41. The number of nitrogens with zero attached hydrogens (tertiary/aromatic N) is 8. The Bertz CT molecular complexity index is 848. The van der Waals surface area contributed by atoms with E-state index in [1.807, 2.05) is 13.1 Å². The van der Waals surface area contributed by atoms with Crippen LogP contribution in [0, 0.1) is 6.92 Å². The van der Waals surface area contributed by atoms with Gasteiger partial charge < -0.3 is 15.1 Å². The summed E-state index contributed by atoms with van der Waals surface area (Å²) in [7, 11) is 1.89. The van der Waals surface area contributed by atoms with Crippen LogP contribution in [0.4, 0.5) is 17.6 Å². The molecule has 2 aliphatic heterocycles. The van der Waals surface area contributed by atoms with E-state index < -0.39 is 0 Å². The van der Waals surface area contributed by atoms with Crippen LogP contribution in [0.15, 0.2) is 12.4 Å². The van der Waals surface area contributed by atoms with E-state index in [2.05, 4.69) is 72.4 Å². The summed E-state index contributed by atoms with van der Waals surface area (Å²) < 4.78 is 2.30. The molecule has 4 heterocycles. The fourth-order valence-corrected chi connectivity index (χ4v) is 4.57. The molecule has 0 radical (unpaired) electrons. The van der Waals surface area contributed by atoms with Gasteiger partial charge in [0.25, 0.3) is 0 Å². The average Bonchev–Trinajstić information content (AvgIpc) is 3.35. The van der Waals surface area contributed by atoms with Gasteiger partial charge in [0.1, 0.15) is 23.8 Å². The van der Waals surface area contributed by atoms with Crippen LogP contribution < -0.4 is 15.1 Å². The number of aryl methyl sites for hydroxylation is 1. The third-order valence-electron chi connectivity index (χ3n) is 6.40. The molecule has 0 aromatic carbocycles. The van der Waals surface area contributed by atoms with E-state index in [-0.39, 0.29) is 5.54 Å². The first-order chi connectivity index (χ1) is 14.4. The monoisotopic (exact) mass is 413 g/mol. The summed E-state index contributed by atoms with van der Waals surface area (Å²) in [5.41, 5.74) is 0.212. The van der Waals surface area contributed by atoms with Crippen LogP contribution in [-0.2, 0) is 6.54 Å². The lowest BCUT2D eigenvalue weighted by Crippen LogP contribution is -2.54. The van der Waals surface area contributed by atoms with Gasteiger partial charge in [-0.15, -0.1) is 10.2 Å². The van der Waals surface area contributed by atoms with Crippen molar-refractivity contribution in [1.82, 2.24) is 29.6 Å². The van der Waals surface area contributed by atoms with Gasteiger partial charge in [-0.25, -0.2) is 9.97 Å². The zero-order chi connectivity index (χ0) is 21.3. The Kier molecular flexibility index (Phi) is 5.81. The highest BCUT2D eigenvalue weighted by Gasteiger charge is 2.31. The van der Waals surface area contributed by atoms with E-state index in [1.54, 1.807) is 6.33 Å². The topological polar surface area (TPSA) is 78.2 Å². The molecular weight excluding hydrogens is 378 g/mol. The Morgan fingerprint density at radius 2 is 1.83 bits per heavy atom. The van der Waals surface area contributed by atoms with E-state index in [1.165, 1.54) is 6.42 Å². The van der Waals surface area contributed by atoms with Gasteiger partial charge in [-0.2, -0.15) is 0 Å². The molecular formula is C21H35N9. The molecule has 0 aliphatic carbocycles. The third kappa shape index (κ3) is 4.21. The highest BCUT2D eigenvalue weighted by molar-refractivity contribution is 5.49. The van der Waals surface area contributed by atoms with Crippen LogP contribution in [-0.4, -0.2) is 81.0 Å². The molecule has 0 bridgehead atoms. The molecule has 2 saturated heterocycles.